The first-order chi connectivity index (χ1) is 5.63. The summed E-state index contributed by atoms with van der Waals surface area (Å²) in [5.41, 5.74) is 5.75. The number of quaternary nitrogens is 1. The maximum Gasteiger partial charge on any atom is 0.246 e. The smallest absolute Gasteiger partial charge is 0.246 e. The molecule has 13 heavy (non-hydrogen) atoms. The molecule has 3 nitrogen and oxygen atoms in total. The molecule has 4 heteroatoms. The zero-order valence-electron chi connectivity index (χ0n) is 8.61. The molecule has 78 valence electrons. The molecule has 0 aliphatic heterocycles. The van der Waals surface area contributed by atoms with Crippen LogP contribution < -0.4 is 23.5 Å². The van der Waals surface area contributed by atoms with Gasteiger partial charge < -0.3 is 23.5 Å². The second kappa shape index (κ2) is 8.08. The summed E-state index contributed by atoms with van der Waals surface area (Å²) >= 11 is 0. The van der Waals surface area contributed by atoms with Crippen LogP contribution in [0.5, 0.6) is 0 Å². The molecule has 0 atom stereocenters. The standard InChI is InChI=1S/C9H18N2O.ClH/c1-7(2)8(5-4-6-10)9(12)11-3;/h4-6,10H2,1-3H3,(H,11,12);1H. The highest BCUT2D eigenvalue weighted by Crippen LogP contribution is 2.09. The van der Waals surface area contributed by atoms with E-state index < -0.39 is 0 Å². The Bertz CT molecular complexity index is 186. The Labute approximate surface area is 86.2 Å². The van der Waals surface area contributed by atoms with Gasteiger partial charge >= 0.3 is 0 Å². The van der Waals surface area contributed by atoms with Gasteiger partial charge in [-0.05, 0) is 20.3 Å². The van der Waals surface area contributed by atoms with Gasteiger partial charge in [-0.1, -0.05) is 5.57 Å². The Hall–Kier alpha value is -0.540. The highest BCUT2D eigenvalue weighted by molar-refractivity contribution is 5.93. The normalized spacial score (nSPS) is 8.62. The average molecular weight is 207 g/mol. The molecule has 0 aliphatic rings. The molecule has 0 unspecified atom stereocenters. The quantitative estimate of drug-likeness (QED) is 0.477. The molecule has 0 bridgehead atoms. The fourth-order valence-corrected chi connectivity index (χ4v) is 1.04. The number of likely N-dealkylation sites (N-methyl/N-ethyl adjacent to an activating group) is 1. The summed E-state index contributed by atoms with van der Waals surface area (Å²) in [5.74, 6) is 0.0449. The second-order valence-electron chi connectivity index (χ2n) is 3.01. The van der Waals surface area contributed by atoms with Gasteiger partial charge in [-0.3, -0.25) is 4.79 Å². The first-order valence-corrected chi connectivity index (χ1v) is 4.31. The van der Waals surface area contributed by atoms with Crippen molar-refractivity contribution in [3.8, 4) is 0 Å². The Morgan fingerprint density at radius 2 is 1.92 bits per heavy atom. The third-order valence-electron chi connectivity index (χ3n) is 1.78. The molecule has 0 saturated carbocycles. The molecule has 0 fully saturated rings. The Kier molecular flexibility index (Phi) is 9.29. The molecule has 0 rings (SSSR count). The lowest BCUT2D eigenvalue weighted by molar-refractivity contribution is -0.368. The average Bonchev–Trinajstić information content (AvgIpc) is 2.04. The van der Waals surface area contributed by atoms with Gasteiger partial charge in [-0.25, -0.2) is 0 Å². The number of rotatable bonds is 4. The summed E-state index contributed by atoms with van der Waals surface area (Å²) in [7, 11) is 1.66. The van der Waals surface area contributed by atoms with Crippen molar-refractivity contribution in [1.29, 1.82) is 0 Å². The second-order valence-corrected chi connectivity index (χ2v) is 3.01. The number of allylic oxidation sites excluding steroid dienone is 1. The van der Waals surface area contributed by atoms with Crippen molar-refractivity contribution >= 4 is 5.91 Å². The highest BCUT2D eigenvalue weighted by Gasteiger charge is 2.08. The predicted octanol–water partition coefficient (Wildman–Crippen LogP) is -2.91. The van der Waals surface area contributed by atoms with Gasteiger partial charge in [-0.2, -0.15) is 0 Å². The summed E-state index contributed by atoms with van der Waals surface area (Å²) in [6.45, 7) is 4.81. The minimum absolute atomic E-state index is 0. The van der Waals surface area contributed by atoms with E-state index in [9.17, 15) is 4.79 Å². The molecule has 1 amide bonds. The van der Waals surface area contributed by atoms with E-state index in [2.05, 4.69) is 11.1 Å². The number of halogens is 1. The van der Waals surface area contributed by atoms with Gasteiger partial charge in [0.15, 0.2) is 0 Å². The summed E-state index contributed by atoms with van der Waals surface area (Å²) in [6.07, 6.45) is 1.82. The van der Waals surface area contributed by atoms with Crippen LogP contribution in [0.2, 0.25) is 0 Å². The van der Waals surface area contributed by atoms with Crippen LogP contribution in [0, 0.1) is 0 Å². The van der Waals surface area contributed by atoms with Gasteiger partial charge in [0.2, 0.25) is 5.91 Å². The first kappa shape index (κ1) is 15.0. The summed E-state index contributed by atoms with van der Waals surface area (Å²) in [6, 6.07) is 0. The number of carbonyl (C=O) groups excluding carboxylic acids is 1. The van der Waals surface area contributed by atoms with Gasteiger partial charge in [0.25, 0.3) is 0 Å². The van der Waals surface area contributed by atoms with Crippen molar-refractivity contribution in [2.45, 2.75) is 26.7 Å². The lowest BCUT2D eigenvalue weighted by Gasteiger charge is -2.06. The predicted molar refractivity (Wildman–Crippen MR) is 49.4 cm³/mol. The van der Waals surface area contributed by atoms with E-state index >= 15 is 0 Å². The fourth-order valence-electron chi connectivity index (χ4n) is 1.04. The summed E-state index contributed by atoms with van der Waals surface area (Å²) in [4.78, 5) is 11.3. The van der Waals surface area contributed by atoms with Crippen LogP contribution in [0.4, 0.5) is 0 Å². The van der Waals surface area contributed by atoms with Crippen LogP contribution in [0.15, 0.2) is 11.1 Å². The number of nitrogens with one attached hydrogen (secondary N) is 1. The van der Waals surface area contributed by atoms with Gasteiger partial charge in [0, 0.05) is 19.0 Å². The maximum atomic E-state index is 11.3. The minimum atomic E-state index is 0. The third kappa shape index (κ3) is 5.66. The van der Waals surface area contributed by atoms with Crippen LogP contribution in [0.3, 0.4) is 0 Å². The maximum absolute atomic E-state index is 11.3. The molecule has 0 spiro atoms. The Morgan fingerprint density at radius 3 is 2.23 bits per heavy atom. The van der Waals surface area contributed by atoms with Crippen LogP contribution >= 0.6 is 0 Å². The molecule has 4 N–H and O–H groups in total. The number of carbonyl (C=O) groups is 1. The summed E-state index contributed by atoms with van der Waals surface area (Å²) < 4.78 is 0. The van der Waals surface area contributed by atoms with Gasteiger partial charge in [-0.15, -0.1) is 0 Å². The van der Waals surface area contributed by atoms with E-state index in [1.165, 1.54) is 0 Å². The molecular weight excluding hydrogens is 188 g/mol. The summed E-state index contributed by atoms with van der Waals surface area (Å²) in [5, 5.41) is 2.64. The molecule has 0 saturated heterocycles. The number of hydrogen-bond acceptors (Lipinski definition) is 1. The number of hydrogen-bond donors (Lipinski definition) is 2. The van der Waals surface area contributed by atoms with Crippen LogP contribution in [-0.2, 0) is 4.79 Å². The van der Waals surface area contributed by atoms with E-state index in [-0.39, 0.29) is 18.3 Å². The van der Waals surface area contributed by atoms with E-state index in [0.717, 1.165) is 30.5 Å². The third-order valence-corrected chi connectivity index (χ3v) is 1.78. The Morgan fingerprint density at radius 1 is 1.38 bits per heavy atom. The topological polar surface area (TPSA) is 56.7 Å². The lowest BCUT2D eigenvalue weighted by atomic mass is 10.0. The molecule has 0 heterocycles. The monoisotopic (exact) mass is 206 g/mol. The molecule has 0 aromatic rings. The Balaban J connectivity index is 0. The van der Waals surface area contributed by atoms with Crippen molar-refractivity contribution in [3.63, 3.8) is 0 Å². The zero-order chi connectivity index (χ0) is 9.56. The van der Waals surface area contributed by atoms with E-state index in [1.54, 1.807) is 7.05 Å². The number of amides is 1. The van der Waals surface area contributed by atoms with Crippen molar-refractivity contribution in [1.82, 2.24) is 5.32 Å². The van der Waals surface area contributed by atoms with Crippen molar-refractivity contribution < 1.29 is 22.9 Å². The fraction of sp³-hybridized carbons (Fsp3) is 0.667. The van der Waals surface area contributed by atoms with E-state index in [1.807, 2.05) is 13.8 Å². The van der Waals surface area contributed by atoms with E-state index in [0.29, 0.717) is 0 Å². The van der Waals surface area contributed by atoms with Crippen molar-refractivity contribution in [2.75, 3.05) is 13.6 Å². The molecule has 0 aliphatic carbocycles. The van der Waals surface area contributed by atoms with Crippen LogP contribution in [0.25, 0.3) is 0 Å². The van der Waals surface area contributed by atoms with Gasteiger partial charge in [0.1, 0.15) is 0 Å². The van der Waals surface area contributed by atoms with E-state index in [4.69, 9.17) is 0 Å². The lowest BCUT2D eigenvalue weighted by Crippen LogP contribution is -3.00. The van der Waals surface area contributed by atoms with Crippen molar-refractivity contribution in [3.05, 3.63) is 11.1 Å². The molecule has 0 aromatic heterocycles. The SMILES string of the molecule is CNC(=O)C(CCC[NH3+])=C(C)C.[Cl-]. The molecule has 0 aromatic carbocycles. The van der Waals surface area contributed by atoms with Gasteiger partial charge in [0.05, 0.1) is 6.54 Å². The molecule has 0 radical (unpaired) electrons. The minimum Gasteiger partial charge on any atom is -1.00 e. The zero-order valence-corrected chi connectivity index (χ0v) is 9.37. The van der Waals surface area contributed by atoms with Crippen LogP contribution in [0.1, 0.15) is 26.7 Å². The van der Waals surface area contributed by atoms with Crippen molar-refractivity contribution in [2.24, 2.45) is 0 Å². The highest BCUT2D eigenvalue weighted by atomic mass is 35.5. The first-order valence-electron chi connectivity index (χ1n) is 4.31. The molecular formula is C9H19ClN2O. The van der Waals surface area contributed by atoms with Crippen LogP contribution in [-0.4, -0.2) is 19.5 Å². The largest absolute Gasteiger partial charge is 1.00 e.